The van der Waals surface area contributed by atoms with Crippen molar-refractivity contribution in [3.63, 3.8) is 0 Å². The molecule has 0 spiro atoms. The summed E-state index contributed by atoms with van der Waals surface area (Å²) < 4.78 is 5.99. The van der Waals surface area contributed by atoms with E-state index in [9.17, 15) is 14.7 Å². The quantitative estimate of drug-likeness (QED) is 0.413. The number of amides is 1. The maximum atomic E-state index is 13.4. The van der Waals surface area contributed by atoms with Crippen LogP contribution in [0.15, 0.2) is 22.7 Å². The molecule has 0 aliphatic heterocycles. The number of carbonyl (C=O) groups is 2. The number of aliphatic carboxylic acids is 1. The van der Waals surface area contributed by atoms with Gasteiger partial charge < -0.3 is 14.9 Å². The van der Waals surface area contributed by atoms with Crippen LogP contribution >= 0.6 is 11.6 Å². The Bertz CT molecular complexity index is 1120. The minimum absolute atomic E-state index is 0.198. The molecular weight excluding hydrogens is 464 g/mol. The molecule has 7 heteroatoms. The topological polar surface area (TPSA) is 92.4 Å². The zero-order chi connectivity index (χ0) is 24.9. The number of hydrogen-bond acceptors (Lipinski definition) is 4. The average molecular weight is 499 g/mol. The molecule has 3 fully saturated rings. The first-order chi connectivity index (χ1) is 16.7. The van der Waals surface area contributed by atoms with Crippen molar-refractivity contribution in [3.8, 4) is 0 Å². The summed E-state index contributed by atoms with van der Waals surface area (Å²) >= 11 is 6.36. The Morgan fingerprint density at radius 2 is 1.91 bits per heavy atom. The lowest BCUT2D eigenvalue weighted by Crippen LogP contribution is -2.26. The largest absolute Gasteiger partial charge is 0.481 e. The van der Waals surface area contributed by atoms with Gasteiger partial charge in [-0.05, 0) is 87.3 Å². The highest BCUT2D eigenvalue weighted by atomic mass is 35.5. The normalized spacial score (nSPS) is 28.2. The van der Waals surface area contributed by atoms with Gasteiger partial charge in [0.05, 0.1) is 22.3 Å². The van der Waals surface area contributed by atoms with Gasteiger partial charge in [0.25, 0.3) is 0 Å². The highest BCUT2D eigenvalue weighted by Crippen LogP contribution is 2.55. The summed E-state index contributed by atoms with van der Waals surface area (Å²) in [5.41, 5.74) is 3.57. The van der Waals surface area contributed by atoms with Gasteiger partial charge in [-0.3, -0.25) is 9.59 Å². The molecular formula is C28H35ClN2O4. The van der Waals surface area contributed by atoms with Crippen LogP contribution in [0.2, 0.25) is 5.02 Å². The number of nitrogens with one attached hydrogen (secondary N) is 1. The van der Waals surface area contributed by atoms with Gasteiger partial charge in [0, 0.05) is 23.3 Å². The van der Waals surface area contributed by atoms with Gasteiger partial charge in [0.15, 0.2) is 0 Å². The third kappa shape index (κ3) is 5.00. The zero-order valence-electron chi connectivity index (χ0n) is 20.7. The second-order valence-corrected chi connectivity index (χ2v) is 11.9. The molecule has 2 N–H and O–H groups in total. The molecule has 3 saturated carbocycles. The van der Waals surface area contributed by atoms with Crippen molar-refractivity contribution >= 4 is 29.2 Å². The Labute approximate surface area is 211 Å². The standard InChI is InChI=1S/C28H35ClN2O4/c1-14(2)8-16-10-18(11-16)26-24(17-5-6-17)25(31-35-26)20-12-19(28(33)34)13-21(20)27(32)30-23-7-4-15(3)9-22(23)29/h4,7,9,14,16-21H,5-6,8,10-13H2,1-3H3,(H,30,32)(H,33,34)/t16-,18+,19-,20-,21-/m0/s1. The predicted molar refractivity (Wildman–Crippen MR) is 135 cm³/mol. The Kier molecular flexibility index (Phi) is 6.69. The lowest BCUT2D eigenvalue weighted by molar-refractivity contribution is -0.141. The Morgan fingerprint density at radius 3 is 2.54 bits per heavy atom. The van der Waals surface area contributed by atoms with Crippen molar-refractivity contribution in [2.24, 2.45) is 23.7 Å². The van der Waals surface area contributed by atoms with Gasteiger partial charge in [-0.2, -0.15) is 0 Å². The number of carbonyl (C=O) groups excluding carboxylic acids is 1. The summed E-state index contributed by atoms with van der Waals surface area (Å²) in [6, 6.07) is 5.50. The van der Waals surface area contributed by atoms with Crippen LogP contribution in [0.4, 0.5) is 5.69 Å². The summed E-state index contributed by atoms with van der Waals surface area (Å²) in [6.07, 6.45) is 6.41. The van der Waals surface area contributed by atoms with Crippen molar-refractivity contribution in [3.05, 3.63) is 45.8 Å². The summed E-state index contributed by atoms with van der Waals surface area (Å²) in [5.74, 6) is 0.877. The number of carboxylic acid groups (broad SMARTS) is 1. The van der Waals surface area contributed by atoms with E-state index in [0.29, 0.717) is 41.3 Å². The van der Waals surface area contributed by atoms with E-state index in [2.05, 4.69) is 24.3 Å². The van der Waals surface area contributed by atoms with Gasteiger partial charge >= 0.3 is 5.97 Å². The number of benzene rings is 1. The molecule has 3 atom stereocenters. The monoisotopic (exact) mass is 498 g/mol. The maximum absolute atomic E-state index is 13.4. The molecule has 5 rings (SSSR count). The molecule has 1 aromatic carbocycles. The number of aryl methyl sites for hydroxylation is 1. The first-order valence-electron chi connectivity index (χ1n) is 13.0. The molecule has 1 heterocycles. The minimum Gasteiger partial charge on any atom is -0.481 e. The van der Waals surface area contributed by atoms with Crippen LogP contribution in [0.5, 0.6) is 0 Å². The SMILES string of the molecule is Cc1ccc(NC(=O)[C@H]2C[C@@H](C(=O)O)C[C@@H]2c2noc([C@H]3C[C@@H](CC(C)C)C3)c2C2CC2)c(Cl)c1. The molecule has 0 bridgehead atoms. The molecule has 3 aliphatic rings. The lowest BCUT2D eigenvalue weighted by Gasteiger charge is -2.35. The number of anilines is 1. The third-order valence-corrected chi connectivity index (χ3v) is 8.48. The van der Waals surface area contributed by atoms with Crippen molar-refractivity contribution in [2.75, 3.05) is 5.32 Å². The van der Waals surface area contributed by atoms with Crippen LogP contribution in [-0.2, 0) is 9.59 Å². The van der Waals surface area contributed by atoms with Crippen molar-refractivity contribution < 1.29 is 19.2 Å². The van der Waals surface area contributed by atoms with E-state index in [1.54, 1.807) is 6.07 Å². The van der Waals surface area contributed by atoms with Crippen LogP contribution in [0.3, 0.4) is 0 Å². The van der Waals surface area contributed by atoms with Gasteiger partial charge in [-0.1, -0.05) is 36.7 Å². The fraction of sp³-hybridized carbons (Fsp3) is 0.607. The highest BCUT2D eigenvalue weighted by molar-refractivity contribution is 6.33. The fourth-order valence-electron chi connectivity index (χ4n) is 6.25. The first-order valence-corrected chi connectivity index (χ1v) is 13.4. The van der Waals surface area contributed by atoms with Crippen LogP contribution < -0.4 is 5.32 Å². The second-order valence-electron chi connectivity index (χ2n) is 11.5. The fourth-order valence-corrected chi connectivity index (χ4v) is 6.54. The van der Waals surface area contributed by atoms with Crippen molar-refractivity contribution in [1.29, 1.82) is 0 Å². The van der Waals surface area contributed by atoms with Crippen molar-refractivity contribution in [1.82, 2.24) is 5.16 Å². The molecule has 6 nitrogen and oxygen atoms in total. The van der Waals surface area contributed by atoms with Crippen LogP contribution in [0.1, 0.15) is 99.1 Å². The Balaban J connectivity index is 1.40. The minimum atomic E-state index is -0.856. The number of aromatic nitrogens is 1. The molecule has 0 saturated heterocycles. The summed E-state index contributed by atoms with van der Waals surface area (Å²) in [4.78, 5) is 25.4. The van der Waals surface area contributed by atoms with Gasteiger partial charge in [0.1, 0.15) is 5.76 Å². The average Bonchev–Trinajstić information content (AvgIpc) is 3.35. The predicted octanol–water partition coefficient (Wildman–Crippen LogP) is 6.89. The molecule has 0 unspecified atom stereocenters. The van der Waals surface area contributed by atoms with Crippen LogP contribution in [0.25, 0.3) is 0 Å². The number of carboxylic acids is 1. The van der Waals surface area contributed by atoms with Gasteiger partial charge in [-0.15, -0.1) is 0 Å². The van der Waals surface area contributed by atoms with Crippen LogP contribution in [-0.4, -0.2) is 22.1 Å². The number of nitrogens with zero attached hydrogens (tertiary/aromatic N) is 1. The maximum Gasteiger partial charge on any atom is 0.306 e. The number of halogens is 1. The Morgan fingerprint density at radius 1 is 1.17 bits per heavy atom. The third-order valence-electron chi connectivity index (χ3n) is 8.16. The zero-order valence-corrected chi connectivity index (χ0v) is 21.5. The number of hydrogen-bond donors (Lipinski definition) is 2. The number of rotatable bonds is 8. The van der Waals surface area contributed by atoms with E-state index in [4.69, 9.17) is 16.1 Å². The molecule has 2 aromatic rings. The van der Waals surface area contributed by atoms with E-state index in [1.807, 2.05) is 19.1 Å². The van der Waals surface area contributed by atoms with Gasteiger partial charge in [0.2, 0.25) is 5.91 Å². The van der Waals surface area contributed by atoms with E-state index in [-0.39, 0.29) is 11.8 Å². The van der Waals surface area contributed by atoms with E-state index >= 15 is 0 Å². The van der Waals surface area contributed by atoms with E-state index < -0.39 is 17.8 Å². The Hall–Kier alpha value is -2.34. The lowest BCUT2D eigenvalue weighted by atomic mass is 9.69. The molecule has 35 heavy (non-hydrogen) atoms. The first kappa shape index (κ1) is 24.4. The second kappa shape index (κ2) is 9.61. The summed E-state index contributed by atoms with van der Waals surface area (Å²) in [7, 11) is 0. The summed E-state index contributed by atoms with van der Waals surface area (Å²) in [5, 5.41) is 17.7. The van der Waals surface area contributed by atoms with E-state index in [0.717, 1.165) is 48.6 Å². The molecule has 1 aromatic heterocycles. The molecule has 0 radical (unpaired) electrons. The van der Waals surface area contributed by atoms with Crippen LogP contribution in [0, 0.1) is 30.6 Å². The van der Waals surface area contributed by atoms with Gasteiger partial charge in [-0.25, -0.2) is 0 Å². The summed E-state index contributed by atoms with van der Waals surface area (Å²) in [6.45, 7) is 6.48. The highest BCUT2D eigenvalue weighted by Gasteiger charge is 2.48. The van der Waals surface area contributed by atoms with E-state index in [1.165, 1.54) is 12.0 Å². The molecule has 3 aliphatic carbocycles. The van der Waals surface area contributed by atoms with Crippen molar-refractivity contribution in [2.45, 2.75) is 83.5 Å². The molecule has 1 amide bonds. The smallest absolute Gasteiger partial charge is 0.306 e. The molecule has 188 valence electrons.